The molecule has 1 heterocycles. The number of likely N-dealkylation sites (N-methyl/N-ethyl adjacent to an activating group) is 1. The fourth-order valence-electron chi connectivity index (χ4n) is 3.35. The highest BCUT2D eigenvalue weighted by atomic mass is 35.5. The van der Waals surface area contributed by atoms with Crippen molar-refractivity contribution in [2.45, 2.75) is 18.5 Å². The molecule has 2 aromatic carbocycles. The average molecular weight is 360 g/mol. The summed E-state index contributed by atoms with van der Waals surface area (Å²) < 4.78 is 0. The van der Waals surface area contributed by atoms with Crippen LogP contribution in [0.2, 0.25) is 0 Å². The fraction of sp³-hybridized carbons (Fsp3) is 0.350. The van der Waals surface area contributed by atoms with Crippen LogP contribution in [0.5, 0.6) is 0 Å². The second-order valence-electron chi connectivity index (χ2n) is 6.61. The highest BCUT2D eigenvalue weighted by Crippen LogP contribution is 2.26. The van der Waals surface area contributed by atoms with Crippen molar-refractivity contribution in [1.29, 1.82) is 0 Å². The minimum Gasteiger partial charge on any atom is -0.340 e. The predicted octanol–water partition coefficient (Wildman–Crippen LogP) is 2.49. The minimum absolute atomic E-state index is 0. The zero-order valence-corrected chi connectivity index (χ0v) is 15.4. The molecule has 5 heteroatoms. The third-order valence-electron chi connectivity index (χ3n) is 4.72. The lowest BCUT2D eigenvalue weighted by Crippen LogP contribution is -2.38. The SMILES string of the molecule is CN(Cc1ccccc1)C(=O)CN1C[C@@H](N)[C@H](c2ccccc2)C1.Cl. The maximum atomic E-state index is 12.5. The van der Waals surface area contributed by atoms with E-state index in [1.54, 1.807) is 4.90 Å². The number of benzene rings is 2. The largest absolute Gasteiger partial charge is 0.340 e. The highest BCUT2D eigenvalue weighted by Gasteiger charge is 2.32. The number of carbonyl (C=O) groups excluding carboxylic acids is 1. The van der Waals surface area contributed by atoms with Gasteiger partial charge in [0.25, 0.3) is 0 Å². The van der Waals surface area contributed by atoms with Crippen LogP contribution < -0.4 is 5.73 Å². The van der Waals surface area contributed by atoms with Gasteiger partial charge in [-0.1, -0.05) is 60.7 Å². The molecule has 4 nitrogen and oxygen atoms in total. The molecule has 0 bridgehead atoms. The molecule has 2 aromatic rings. The van der Waals surface area contributed by atoms with E-state index in [4.69, 9.17) is 5.73 Å². The van der Waals surface area contributed by atoms with Crippen molar-refractivity contribution >= 4 is 18.3 Å². The van der Waals surface area contributed by atoms with E-state index in [1.165, 1.54) is 5.56 Å². The first kappa shape index (κ1) is 19.4. The third-order valence-corrected chi connectivity index (χ3v) is 4.72. The van der Waals surface area contributed by atoms with E-state index in [0.717, 1.165) is 18.7 Å². The van der Waals surface area contributed by atoms with E-state index in [1.807, 2.05) is 55.6 Å². The molecule has 0 unspecified atom stereocenters. The second-order valence-corrected chi connectivity index (χ2v) is 6.61. The molecule has 1 aliphatic rings. The molecular weight excluding hydrogens is 334 g/mol. The van der Waals surface area contributed by atoms with Gasteiger partial charge in [0.05, 0.1) is 6.54 Å². The number of rotatable bonds is 5. The van der Waals surface area contributed by atoms with E-state index < -0.39 is 0 Å². The molecule has 1 fully saturated rings. The van der Waals surface area contributed by atoms with Crippen LogP contribution in [0.4, 0.5) is 0 Å². The first-order chi connectivity index (χ1) is 11.6. The molecule has 25 heavy (non-hydrogen) atoms. The molecule has 2 N–H and O–H groups in total. The predicted molar refractivity (Wildman–Crippen MR) is 104 cm³/mol. The molecule has 0 aliphatic carbocycles. The summed E-state index contributed by atoms with van der Waals surface area (Å²) in [5.74, 6) is 0.443. The molecular formula is C20H26ClN3O. The number of hydrogen-bond donors (Lipinski definition) is 1. The highest BCUT2D eigenvalue weighted by molar-refractivity contribution is 5.85. The maximum absolute atomic E-state index is 12.5. The lowest BCUT2D eigenvalue weighted by molar-refractivity contribution is -0.131. The summed E-state index contributed by atoms with van der Waals surface area (Å²) in [6.07, 6.45) is 0. The Morgan fingerprint density at radius 1 is 1.08 bits per heavy atom. The quantitative estimate of drug-likeness (QED) is 0.892. The molecule has 3 rings (SSSR count). The molecule has 0 radical (unpaired) electrons. The van der Waals surface area contributed by atoms with Crippen LogP contribution in [-0.2, 0) is 11.3 Å². The normalized spacial score (nSPS) is 20.1. The molecule has 1 amide bonds. The van der Waals surface area contributed by atoms with Crippen molar-refractivity contribution in [3.05, 3.63) is 71.8 Å². The van der Waals surface area contributed by atoms with Crippen LogP contribution in [0.3, 0.4) is 0 Å². The Bertz CT molecular complexity index is 665. The van der Waals surface area contributed by atoms with Crippen LogP contribution in [-0.4, -0.2) is 48.4 Å². The lowest BCUT2D eigenvalue weighted by Gasteiger charge is -2.21. The van der Waals surface area contributed by atoms with Crippen LogP contribution in [0, 0.1) is 0 Å². The summed E-state index contributed by atoms with van der Waals surface area (Å²) in [7, 11) is 1.86. The van der Waals surface area contributed by atoms with Gasteiger partial charge in [0.15, 0.2) is 0 Å². The summed E-state index contributed by atoms with van der Waals surface area (Å²) in [5, 5.41) is 0. The molecule has 134 valence electrons. The van der Waals surface area contributed by atoms with Gasteiger partial charge in [0.1, 0.15) is 0 Å². The summed E-state index contributed by atoms with van der Waals surface area (Å²) in [6, 6.07) is 20.5. The maximum Gasteiger partial charge on any atom is 0.236 e. The van der Waals surface area contributed by atoms with Gasteiger partial charge in [-0.05, 0) is 11.1 Å². The van der Waals surface area contributed by atoms with Crippen LogP contribution in [0.25, 0.3) is 0 Å². The van der Waals surface area contributed by atoms with Crippen molar-refractivity contribution in [2.24, 2.45) is 5.73 Å². The van der Waals surface area contributed by atoms with Crippen molar-refractivity contribution in [1.82, 2.24) is 9.80 Å². The average Bonchev–Trinajstić information content (AvgIpc) is 2.97. The van der Waals surface area contributed by atoms with Gasteiger partial charge < -0.3 is 10.6 Å². The van der Waals surface area contributed by atoms with E-state index in [0.29, 0.717) is 19.0 Å². The first-order valence-corrected chi connectivity index (χ1v) is 8.44. The van der Waals surface area contributed by atoms with Crippen molar-refractivity contribution in [3.8, 4) is 0 Å². The van der Waals surface area contributed by atoms with Crippen molar-refractivity contribution in [3.63, 3.8) is 0 Å². The fourth-order valence-corrected chi connectivity index (χ4v) is 3.35. The van der Waals surface area contributed by atoms with Crippen LogP contribution in [0.1, 0.15) is 17.0 Å². The zero-order valence-electron chi connectivity index (χ0n) is 14.5. The Kier molecular flexibility index (Phi) is 7.00. The van der Waals surface area contributed by atoms with Crippen LogP contribution in [0.15, 0.2) is 60.7 Å². The Balaban J connectivity index is 0.00000225. The van der Waals surface area contributed by atoms with E-state index in [9.17, 15) is 4.79 Å². The van der Waals surface area contributed by atoms with E-state index in [2.05, 4.69) is 17.0 Å². The van der Waals surface area contributed by atoms with E-state index >= 15 is 0 Å². The summed E-state index contributed by atoms with van der Waals surface area (Å²) in [5.41, 5.74) is 8.72. The van der Waals surface area contributed by atoms with Gasteiger partial charge in [0, 0.05) is 38.6 Å². The topological polar surface area (TPSA) is 49.6 Å². The third kappa shape index (κ3) is 5.05. The monoisotopic (exact) mass is 359 g/mol. The molecule has 2 atom stereocenters. The Labute approximate surface area is 156 Å². The van der Waals surface area contributed by atoms with Gasteiger partial charge in [-0.3, -0.25) is 9.69 Å². The minimum atomic E-state index is 0. The number of likely N-dealkylation sites (tertiary alicyclic amines) is 1. The summed E-state index contributed by atoms with van der Waals surface area (Å²) >= 11 is 0. The van der Waals surface area contributed by atoms with Gasteiger partial charge in [-0.15, -0.1) is 12.4 Å². The molecule has 0 aromatic heterocycles. The summed E-state index contributed by atoms with van der Waals surface area (Å²) in [4.78, 5) is 16.5. The smallest absolute Gasteiger partial charge is 0.236 e. The molecule has 0 spiro atoms. The van der Waals surface area contributed by atoms with Crippen molar-refractivity contribution in [2.75, 3.05) is 26.7 Å². The zero-order chi connectivity index (χ0) is 16.9. The number of nitrogens with two attached hydrogens (primary N) is 1. The number of hydrogen-bond acceptors (Lipinski definition) is 3. The van der Waals surface area contributed by atoms with Gasteiger partial charge in [0.2, 0.25) is 5.91 Å². The number of nitrogens with zero attached hydrogens (tertiary/aromatic N) is 2. The Morgan fingerprint density at radius 3 is 2.32 bits per heavy atom. The number of amides is 1. The Morgan fingerprint density at radius 2 is 1.68 bits per heavy atom. The van der Waals surface area contributed by atoms with Gasteiger partial charge in [-0.2, -0.15) is 0 Å². The molecule has 1 aliphatic heterocycles. The first-order valence-electron chi connectivity index (χ1n) is 8.44. The van der Waals surface area contributed by atoms with Crippen LogP contribution >= 0.6 is 12.4 Å². The number of carbonyl (C=O) groups is 1. The van der Waals surface area contributed by atoms with E-state index in [-0.39, 0.29) is 24.4 Å². The number of halogens is 1. The molecule has 0 saturated carbocycles. The second kappa shape index (κ2) is 8.99. The summed E-state index contributed by atoms with van der Waals surface area (Å²) in [6.45, 7) is 2.68. The molecule has 1 saturated heterocycles. The van der Waals surface area contributed by atoms with Crippen molar-refractivity contribution < 1.29 is 4.79 Å². The standard InChI is InChI=1S/C20H25N3O.ClH/c1-22(12-16-8-4-2-5-9-16)20(24)15-23-13-18(19(21)14-23)17-10-6-3-7-11-17;/h2-11,18-19H,12-15,21H2,1H3;1H/t18-,19+;/m0./s1. The van der Waals surface area contributed by atoms with Gasteiger partial charge in [-0.25, -0.2) is 0 Å². The Hall–Kier alpha value is -1.88. The van der Waals surface area contributed by atoms with Gasteiger partial charge >= 0.3 is 0 Å². The lowest BCUT2D eigenvalue weighted by atomic mass is 9.95.